The normalized spacial score (nSPS) is 29.0. The first kappa shape index (κ1) is 16.2. The van der Waals surface area contributed by atoms with Crippen molar-refractivity contribution in [1.29, 1.82) is 0 Å². The maximum atomic E-state index is 12.2. The first-order valence-electron chi connectivity index (χ1n) is 7.51. The molecule has 0 radical (unpaired) electrons. The molecule has 1 heterocycles. The van der Waals surface area contributed by atoms with Crippen molar-refractivity contribution in [3.05, 3.63) is 0 Å². The predicted molar refractivity (Wildman–Crippen MR) is 77.9 cm³/mol. The molecule has 1 aliphatic carbocycles. The molecule has 2 aliphatic rings. The smallest absolute Gasteiger partial charge is 0.307 e. The number of rotatable bonds is 5. The summed E-state index contributed by atoms with van der Waals surface area (Å²) in [5.74, 6) is -2.01. The Labute approximate surface area is 125 Å². The highest BCUT2D eigenvalue weighted by molar-refractivity contribution is 5.91. The first-order valence-corrected chi connectivity index (χ1v) is 7.51. The number of nitrogens with one attached hydrogen (secondary N) is 1. The van der Waals surface area contributed by atoms with Crippen LogP contribution in [-0.2, 0) is 14.3 Å². The second-order valence-electron chi connectivity index (χ2n) is 7.24. The second kappa shape index (κ2) is 5.57. The second-order valence-corrected chi connectivity index (χ2v) is 7.24. The van der Waals surface area contributed by atoms with Crippen LogP contribution in [0.25, 0.3) is 0 Å². The molecule has 0 aromatic carbocycles. The van der Waals surface area contributed by atoms with Gasteiger partial charge < -0.3 is 15.2 Å². The van der Waals surface area contributed by atoms with Crippen LogP contribution in [0.3, 0.4) is 0 Å². The van der Waals surface area contributed by atoms with E-state index in [0.717, 1.165) is 13.1 Å². The van der Waals surface area contributed by atoms with E-state index in [0.29, 0.717) is 19.8 Å². The van der Waals surface area contributed by atoms with Crippen LogP contribution in [0.15, 0.2) is 0 Å². The fraction of sp³-hybridized carbons (Fsp3) is 0.867. The van der Waals surface area contributed by atoms with Crippen molar-refractivity contribution in [3.8, 4) is 0 Å². The summed E-state index contributed by atoms with van der Waals surface area (Å²) in [5.41, 5.74) is -0.601. The minimum atomic E-state index is -0.882. The van der Waals surface area contributed by atoms with E-state index >= 15 is 0 Å². The average Bonchev–Trinajstić information content (AvgIpc) is 3.00. The Morgan fingerprint density at radius 2 is 1.86 bits per heavy atom. The molecule has 1 aliphatic heterocycles. The molecule has 1 saturated heterocycles. The molecule has 2 N–H and O–H groups in total. The highest BCUT2D eigenvalue weighted by atomic mass is 16.5. The molecule has 21 heavy (non-hydrogen) atoms. The molecule has 6 nitrogen and oxygen atoms in total. The molecule has 0 bridgehead atoms. The Bertz CT molecular complexity index is 427. The van der Waals surface area contributed by atoms with Crippen molar-refractivity contribution in [2.75, 3.05) is 32.8 Å². The number of aliphatic carboxylic acids is 1. The van der Waals surface area contributed by atoms with E-state index < -0.39 is 23.2 Å². The average molecular weight is 298 g/mol. The van der Waals surface area contributed by atoms with Crippen LogP contribution in [0.4, 0.5) is 0 Å². The molecule has 2 atom stereocenters. The van der Waals surface area contributed by atoms with Gasteiger partial charge in [-0.3, -0.25) is 14.5 Å². The molecule has 2 fully saturated rings. The van der Waals surface area contributed by atoms with Crippen LogP contribution >= 0.6 is 0 Å². The molecular formula is C15H26N2O4. The van der Waals surface area contributed by atoms with E-state index in [1.807, 2.05) is 13.8 Å². The fourth-order valence-electron chi connectivity index (χ4n) is 3.28. The van der Waals surface area contributed by atoms with Crippen molar-refractivity contribution in [2.45, 2.75) is 33.2 Å². The van der Waals surface area contributed by atoms with Gasteiger partial charge in [0.05, 0.1) is 25.0 Å². The van der Waals surface area contributed by atoms with Gasteiger partial charge in [0, 0.05) is 25.2 Å². The lowest BCUT2D eigenvalue weighted by Gasteiger charge is -2.40. The van der Waals surface area contributed by atoms with Gasteiger partial charge in [-0.15, -0.1) is 0 Å². The number of hydrogen-bond acceptors (Lipinski definition) is 4. The van der Waals surface area contributed by atoms with E-state index in [1.54, 1.807) is 0 Å². The summed E-state index contributed by atoms with van der Waals surface area (Å²) < 4.78 is 5.34. The van der Waals surface area contributed by atoms with E-state index in [-0.39, 0.29) is 11.4 Å². The monoisotopic (exact) mass is 298 g/mol. The van der Waals surface area contributed by atoms with Crippen LogP contribution in [0, 0.1) is 17.3 Å². The molecule has 0 aromatic rings. The molecule has 120 valence electrons. The highest BCUT2D eigenvalue weighted by Gasteiger charge is 2.65. The summed E-state index contributed by atoms with van der Waals surface area (Å²) in [4.78, 5) is 25.7. The number of ether oxygens (including phenoxy) is 1. The number of amides is 1. The van der Waals surface area contributed by atoms with E-state index in [2.05, 4.69) is 24.1 Å². The summed E-state index contributed by atoms with van der Waals surface area (Å²) in [5, 5.41) is 12.1. The zero-order chi connectivity index (χ0) is 15.8. The summed E-state index contributed by atoms with van der Waals surface area (Å²) in [6.07, 6.45) is 0. The SMILES string of the molecule is CC1(C)C(C(=O)O)C1C(=O)NCC(C)(C)N1CCOCC1. The minimum absolute atomic E-state index is 0.145. The van der Waals surface area contributed by atoms with Crippen LogP contribution in [-0.4, -0.2) is 60.3 Å². The van der Waals surface area contributed by atoms with Crippen molar-refractivity contribution in [3.63, 3.8) is 0 Å². The Kier molecular flexibility index (Phi) is 4.31. The molecule has 2 unspecified atom stereocenters. The largest absolute Gasteiger partial charge is 0.481 e. The maximum Gasteiger partial charge on any atom is 0.307 e. The number of morpholine rings is 1. The molecule has 0 aromatic heterocycles. The molecule has 2 rings (SSSR count). The predicted octanol–water partition coefficient (Wildman–Crippen LogP) is 0.570. The Balaban J connectivity index is 1.88. The van der Waals surface area contributed by atoms with Gasteiger partial charge in [0.15, 0.2) is 0 Å². The van der Waals surface area contributed by atoms with E-state index in [1.165, 1.54) is 0 Å². The zero-order valence-corrected chi connectivity index (χ0v) is 13.3. The van der Waals surface area contributed by atoms with Gasteiger partial charge in [-0.1, -0.05) is 13.8 Å². The van der Waals surface area contributed by atoms with E-state index in [9.17, 15) is 9.59 Å². The maximum absolute atomic E-state index is 12.2. The molecular weight excluding hydrogens is 272 g/mol. The third kappa shape index (κ3) is 3.21. The third-order valence-electron chi connectivity index (χ3n) is 4.94. The summed E-state index contributed by atoms with van der Waals surface area (Å²) in [6, 6.07) is 0. The Morgan fingerprint density at radius 1 is 1.29 bits per heavy atom. The Morgan fingerprint density at radius 3 is 2.33 bits per heavy atom. The van der Waals surface area contributed by atoms with Gasteiger partial charge in [-0.25, -0.2) is 0 Å². The number of nitrogens with zero attached hydrogens (tertiary/aromatic N) is 1. The summed E-state index contributed by atoms with van der Waals surface area (Å²) in [7, 11) is 0. The van der Waals surface area contributed by atoms with Gasteiger partial charge in [0.2, 0.25) is 5.91 Å². The standard InChI is InChI=1S/C15H26N2O4/c1-14(2,17-5-7-21-8-6-17)9-16-12(18)10-11(13(19)20)15(10,3)4/h10-11H,5-9H2,1-4H3,(H,16,18)(H,19,20). The fourth-order valence-corrected chi connectivity index (χ4v) is 3.28. The topological polar surface area (TPSA) is 78.9 Å². The van der Waals surface area contributed by atoms with Gasteiger partial charge in [-0.05, 0) is 19.3 Å². The molecule has 6 heteroatoms. The van der Waals surface area contributed by atoms with Crippen molar-refractivity contribution < 1.29 is 19.4 Å². The lowest BCUT2D eigenvalue weighted by atomic mass is 10.0. The van der Waals surface area contributed by atoms with Crippen LogP contribution in [0.1, 0.15) is 27.7 Å². The van der Waals surface area contributed by atoms with Gasteiger partial charge in [-0.2, -0.15) is 0 Å². The molecule has 1 saturated carbocycles. The third-order valence-corrected chi connectivity index (χ3v) is 4.94. The van der Waals surface area contributed by atoms with Crippen molar-refractivity contribution in [1.82, 2.24) is 10.2 Å². The van der Waals surface area contributed by atoms with Gasteiger partial charge in [0.25, 0.3) is 0 Å². The van der Waals surface area contributed by atoms with Gasteiger partial charge >= 0.3 is 5.97 Å². The Hall–Kier alpha value is -1.14. The lowest BCUT2D eigenvalue weighted by Crippen LogP contribution is -2.55. The van der Waals surface area contributed by atoms with Crippen molar-refractivity contribution in [2.24, 2.45) is 17.3 Å². The van der Waals surface area contributed by atoms with Crippen LogP contribution in [0.5, 0.6) is 0 Å². The summed E-state index contributed by atoms with van der Waals surface area (Å²) >= 11 is 0. The number of hydrogen-bond donors (Lipinski definition) is 2. The zero-order valence-electron chi connectivity index (χ0n) is 13.3. The first-order chi connectivity index (χ1) is 9.68. The quantitative estimate of drug-likeness (QED) is 0.776. The van der Waals surface area contributed by atoms with Crippen LogP contribution < -0.4 is 5.32 Å². The van der Waals surface area contributed by atoms with Crippen molar-refractivity contribution >= 4 is 11.9 Å². The van der Waals surface area contributed by atoms with E-state index in [4.69, 9.17) is 9.84 Å². The highest BCUT2D eigenvalue weighted by Crippen LogP contribution is 2.58. The minimum Gasteiger partial charge on any atom is -0.481 e. The van der Waals surface area contributed by atoms with Gasteiger partial charge in [0.1, 0.15) is 0 Å². The molecule has 0 spiro atoms. The van der Waals surface area contributed by atoms with Crippen LogP contribution in [0.2, 0.25) is 0 Å². The number of carbonyl (C=O) groups is 2. The summed E-state index contributed by atoms with van der Waals surface area (Å²) in [6.45, 7) is 11.5. The number of carboxylic acids is 1. The lowest BCUT2D eigenvalue weighted by molar-refractivity contribution is -0.140. The number of carboxylic acid groups (broad SMARTS) is 1. The number of carbonyl (C=O) groups excluding carboxylic acids is 1. The molecule has 1 amide bonds.